The molecule has 0 radical (unpaired) electrons. The Hall–Kier alpha value is -2.25. The summed E-state index contributed by atoms with van der Waals surface area (Å²) in [6.45, 7) is 0. The quantitative estimate of drug-likeness (QED) is 0.430. The lowest BCUT2D eigenvalue weighted by Gasteiger charge is -2.07. The lowest BCUT2D eigenvalue weighted by Crippen LogP contribution is -2.11. The zero-order chi connectivity index (χ0) is 17.7. The predicted molar refractivity (Wildman–Crippen MR) is 85.6 cm³/mol. The minimum absolute atomic E-state index is 0.132. The van der Waals surface area contributed by atoms with Gasteiger partial charge in [0.1, 0.15) is 0 Å². The summed E-state index contributed by atoms with van der Waals surface area (Å²) in [6, 6.07) is 8.53. The van der Waals surface area contributed by atoms with Gasteiger partial charge >= 0.3 is 12.3 Å². The fourth-order valence-electron chi connectivity index (χ4n) is 1.62. The number of carbonyl (C=O) groups excluding carboxylic acids is 1. The van der Waals surface area contributed by atoms with Crippen LogP contribution in [0.2, 0.25) is 10.0 Å². The average molecular weight is 377 g/mol. The third-order valence-electron chi connectivity index (χ3n) is 2.75. The third kappa shape index (κ3) is 5.14. The highest BCUT2D eigenvalue weighted by Crippen LogP contribution is 2.29. The van der Waals surface area contributed by atoms with E-state index in [4.69, 9.17) is 23.2 Å². The molecule has 0 aliphatic rings. The summed E-state index contributed by atoms with van der Waals surface area (Å²) in [7, 11) is 0. The van der Waals surface area contributed by atoms with Crippen LogP contribution in [0.5, 0.6) is 0 Å². The van der Waals surface area contributed by atoms with E-state index in [1.54, 1.807) is 12.1 Å². The van der Waals surface area contributed by atoms with Crippen LogP contribution in [-0.4, -0.2) is 12.3 Å². The summed E-state index contributed by atoms with van der Waals surface area (Å²) >= 11 is 11.6. The van der Waals surface area contributed by atoms with E-state index in [0.717, 1.165) is 24.3 Å². The fraction of sp³-hybridized carbons (Fsp3) is 0.0667. The van der Waals surface area contributed by atoms with Crippen molar-refractivity contribution in [2.45, 2.75) is 6.18 Å². The minimum Gasteiger partial charge on any atom is -0.298 e. The molecule has 0 saturated carbocycles. The summed E-state index contributed by atoms with van der Waals surface area (Å²) in [5.74, 6) is 0. The fourth-order valence-corrected chi connectivity index (χ4v) is 2.08. The van der Waals surface area contributed by atoms with Crippen molar-refractivity contribution in [1.82, 2.24) is 0 Å². The lowest BCUT2D eigenvalue weighted by molar-refractivity contribution is -0.137. The predicted octanol–water partition coefficient (Wildman–Crippen LogP) is 5.59. The largest absolute Gasteiger partial charge is 0.437 e. The van der Waals surface area contributed by atoms with Crippen LogP contribution in [0.4, 0.5) is 23.7 Å². The third-order valence-corrected chi connectivity index (χ3v) is 3.31. The van der Waals surface area contributed by atoms with Crippen molar-refractivity contribution in [3.63, 3.8) is 0 Å². The number of halogens is 5. The molecule has 0 saturated heterocycles. The topological polar surface area (TPSA) is 50.7 Å². The Morgan fingerprint density at radius 2 is 1.79 bits per heavy atom. The first-order valence-electron chi connectivity index (χ1n) is 6.39. The summed E-state index contributed by atoms with van der Waals surface area (Å²) in [6.07, 6.45) is -4.21. The summed E-state index contributed by atoms with van der Waals surface area (Å²) in [5.41, 5.74) is -0.215. The van der Waals surface area contributed by atoms with Gasteiger partial charge in [-0.2, -0.15) is 13.2 Å². The van der Waals surface area contributed by atoms with E-state index in [0.29, 0.717) is 15.6 Å². The molecule has 0 aromatic heterocycles. The normalized spacial score (nSPS) is 11.5. The molecule has 0 aliphatic carbocycles. The number of nitrogens with one attached hydrogen (secondary N) is 1. The Kier molecular flexibility index (Phi) is 5.69. The van der Waals surface area contributed by atoms with Gasteiger partial charge in [0, 0.05) is 16.3 Å². The molecule has 2 aromatic rings. The van der Waals surface area contributed by atoms with Crippen LogP contribution in [0, 0.1) is 0 Å². The van der Waals surface area contributed by atoms with Crippen molar-refractivity contribution in [3.8, 4) is 0 Å². The molecule has 126 valence electrons. The van der Waals surface area contributed by atoms with Crippen LogP contribution in [0.15, 0.2) is 47.6 Å². The van der Waals surface area contributed by atoms with Gasteiger partial charge in [-0.25, -0.2) is 4.79 Å². The number of alkyl halides is 3. The first-order valence-corrected chi connectivity index (χ1v) is 7.15. The molecule has 0 fully saturated rings. The Morgan fingerprint density at radius 3 is 2.38 bits per heavy atom. The molecule has 0 atom stereocenters. The standard InChI is InChI=1S/C15H9Cl2F3N2O2/c16-11-4-1-9(13(17)7-11)8-21-24-14(23)22-12-5-2-10(3-6-12)15(18,19)20/h1-8H,(H,22,23)/b21-8+. The van der Waals surface area contributed by atoms with Gasteiger partial charge in [0.15, 0.2) is 0 Å². The molecule has 2 aromatic carbocycles. The molecular weight excluding hydrogens is 368 g/mol. The summed E-state index contributed by atoms with van der Waals surface area (Å²) in [4.78, 5) is 16.0. The van der Waals surface area contributed by atoms with Crippen LogP contribution in [0.25, 0.3) is 0 Å². The Balaban J connectivity index is 1.92. The molecule has 1 amide bonds. The first-order chi connectivity index (χ1) is 11.3. The minimum atomic E-state index is -4.44. The van der Waals surface area contributed by atoms with Gasteiger partial charge in [-0.15, -0.1) is 0 Å². The zero-order valence-electron chi connectivity index (χ0n) is 11.8. The molecule has 0 unspecified atom stereocenters. The van der Waals surface area contributed by atoms with Crippen molar-refractivity contribution in [1.29, 1.82) is 0 Å². The molecule has 0 aliphatic heterocycles. The first kappa shape index (κ1) is 18.1. The number of oxime groups is 1. The summed E-state index contributed by atoms with van der Waals surface area (Å²) in [5, 5.41) is 6.43. The van der Waals surface area contributed by atoms with E-state index < -0.39 is 17.8 Å². The van der Waals surface area contributed by atoms with Crippen LogP contribution in [0.1, 0.15) is 11.1 Å². The van der Waals surface area contributed by atoms with E-state index in [2.05, 4.69) is 15.3 Å². The zero-order valence-corrected chi connectivity index (χ0v) is 13.3. The SMILES string of the molecule is O=C(Nc1ccc(C(F)(F)F)cc1)O/N=C/c1ccc(Cl)cc1Cl. The highest BCUT2D eigenvalue weighted by molar-refractivity contribution is 6.36. The molecule has 0 spiro atoms. The number of amides is 1. The molecule has 24 heavy (non-hydrogen) atoms. The van der Waals surface area contributed by atoms with Crippen molar-refractivity contribution >= 4 is 41.2 Å². The number of carbonyl (C=O) groups is 1. The average Bonchev–Trinajstić information content (AvgIpc) is 2.49. The van der Waals surface area contributed by atoms with Gasteiger partial charge in [0.2, 0.25) is 0 Å². The van der Waals surface area contributed by atoms with E-state index >= 15 is 0 Å². The van der Waals surface area contributed by atoms with Crippen molar-refractivity contribution < 1.29 is 22.8 Å². The van der Waals surface area contributed by atoms with Gasteiger partial charge in [0.05, 0.1) is 16.8 Å². The number of nitrogens with zero attached hydrogens (tertiary/aromatic N) is 1. The van der Waals surface area contributed by atoms with Gasteiger partial charge in [-0.1, -0.05) is 34.4 Å². The van der Waals surface area contributed by atoms with E-state index in [-0.39, 0.29) is 5.69 Å². The smallest absolute Gasteiger partial charge is 0.298 e. The maximum Gasteiger partial charge on any atom is 0.437 e. The molecule has 4 nitrogen and oxygen atoms in total. The molecule has 0 bridgehead atoms. The second kappa shape index (κ2) is 7.55. The number of anilines is 1. The molecule has 1 N–H and O–H groups in total. The Labute approximate surface area is 144 Å². The highest BCUT2D eigenvalue weighted by Gasteiger charge is 2.29. The van der Waals surface area contributed by atoms with Crippen molar-refractivity contribution in [3.05, 3.63) is 63.6 Å². The second-order valence-electron chi connectivity index (χ2n) is 4.48. The van der Waals surface area contributed by atoms with Gasteiger partial charge in [-0.05, 0) is 36.4 Å². The number of hydrogen-bond donors (Lipinski definition) is 1. The molecule has 0 heterocycles. The van der Waals surface area contributed by atoms with Crippen LogP contribution in [-0.2, 0) is 11.0 Å². The second-order valence-corrected chi connectivity index (χ2v) is 5.32. The highest BCUT2D eigenvalue weighted by atomic mass is 35.5. The monoisotopic (exact) mass is 376 g/mol. The number of benzene rings is 2. The Morgan fingerprint density at radius 1 is 1.12 bits per heavy atom. The number of hydrogen-bond acceptors (Lipinski definition) is 3. The van der Waals surface area contributed by atoms with Crippen LogP contribution < -0.4 is 5.32 Å². The van der Waals surface area contributed by atoms with Crippen LogP contribution >= 0.6 is 23.2 Å². The van der Waals surface area contributed by atoms with E-state index in [1.165, 1.54) is 12.3 Å². The maximum atomic E-state index is 12.4. The van der Waals surface area contributed by atoms with E-state index in [9.17, 15) is 18.0 Å². The van der Waals surface area contributed by atoms with Gasteiger partial charge in [-0.3, -0.25) is 10.2 Å². The van der Waals surface area contributed by atoms with Crippen LogP contribution in [0.3, 0.4) is 0 Å². The van der Waals surface area contributed by atoms with Gasteiger partial charge < -0.3 is 0 Å². The molecular formula is C15H9Cl2F3N2O2. The molecule has 9 heteroatoms. The summed E-state index contributed by atoms with van der Waals surface area (Å²) < 4.78 is 37.3. The molecule has 2 rings (SSSR count). The Bertz CT molecular complexity index is 762. The van der Waals surface area contributed by atoms with Crippen molar-refractivity contribution in [2.75, 3.05) is 5.32 Å². The number of rotatable bonds is 3. The van der Waals surface area contributed by atoms with Gasteiger partial charge in [0.25, 0.3) is 0 Å². The maximum absolute atomic E-state index is 12.4. The van der Waals surface area contributed by atoms with Crippen molar-refractivity contribution in [2.24, 2.45) is 5.16 Å². The lowest BCUT2D eigenvalue weighted by atomic mass is 10.2. The van der Waals surface area contributed by atoms with E-state index in [1.807, 2.05) is 0 Å².